The second-order valence-electron chi connectivity index (χ2n) is 5.07. The Hall–Kier alpha value is -1.12. The third-order valence-corrected chi connectivity index (χ3v) is 3.30. The molecule has 120 valence electrons. The van der Waals surface area contributed by atoms with Crippen LogP contribution in [0.3, 0.4) is 0 Å². The number of hydrogen-bond acceptors (Lipinski definition) is 7. The number of unbranched alkanes of at least 4 members (excludes halogenated alkanes) is 2. The molecule has 0 saturated heterocycles. The van der Waals surface area contributed by atoms with Gasteiger partial charge in [0.15, 0.2) is 0 Å². The lowest BCUT2D eigenvalue weighted by atomic mass is 10.0. The maximum Gasteiger partial charge on any atom is 0.126 e. The van der Waals surface area contributed by atoms with Gasteiger partial charge in [-0.3, -0.25) is 9.97 Å². The molecule has 1 aromatic heterocycles. The summed E-state index contributed by atoms with van der Waals surface area (Å²) >= 11 is 0. The van der Waals surface area contributed by atoms with E-state index < -0.39 is 31.0 Å². The maximum absolute atomic E-state index is 9.99. The van der Waals surface area contributed by atoms with Crippen LogP contribution in [0.1, 0.15) is 43.7 Å². The number of hydrogen-bond donors (Lipinski definition) is 5. The second-order valence-corrected chi connectivity index (χ2v) is 5.07. The maximum atomic E-state index is 9.99. The van der Waals surface area contributed by atoms with Crippen LogP contribution in [0.15, 0.2) is 12.4 Å². The smallest absolute Gasteiger partial charge is 0.126 e. The van der Waals surface area contributed by atoms with Crippen LogP contribution in [-0.4, -0.2) is 60.4 Å². The van der Waals surface area contributed by atoms with Gasteiger partial charge in [0.2, 0.25) is 0 Å². The van der Waals surface area contributed by atoms with Crippen LogP contribution in [0.2, 0.25) is 0 Å². The van der Waals surface area contributed by atoms with Crippen molar-refractivity contribution in [2.45, 2.75) is 57.0 Å². The van der Waals surface area contributed by atoms with Gasteiger partial charge in [0.05, 0.1) is 24.2 Å². The zero-order valence-corrected chi connectivity index (χ0v) is 12.1. The molecule has 5 N–H and O–H groups in total. The molecule has 0 fully saturated rings. The highest BCUT2D eigenvalue weighted by Gasteiger charge is 2.31. The Balaban J connectivity index is 2.72. The fraction of sp³-hybridized carbons (Fsp3) is 0.714. The minimum absolute atomic E-state index is 0.126. The van der Waals surface area contributed by atoms with E-state index in [1.165, 1.54) is 6.20 Å². The van der Waals surface area contributed by atoms with Gasteiger partial charge in [-0.25, -0.2) is 0 Å². The summed E-state index contributed by atoms with van der Waals surface area (Å²) in [5, 5.41) is 47.4. The van der Waals surface area contributed by atoms with Crippen molar-refractivity contribution < 1.29 is 25.5 Å². The Morgan fingerprint density at radius 1 is 1.05 bits per heavy atom. The molecule has 0 radical (unpaired) electrons. The standard InChI is InChI=1S/C14H24N2O5/c1-2-3-4-5-9-6-15-7-10(16-9)12(19)14(21)13(20)11(18)8-17/h6-7,11-14,17-21H,2-5,8H2,1H3/t11-,12-,13-,14-/m1/s1. The van der Waals surface area contributed by atoms with Crippen molar-refractivity contribution in [3.05, 3.63) is 23.8 Å². The van der Waals surface area contributed by atoms with Crippen LogP contribution in [0.25, 0.3) is 0 Å². The van der Waals surface area contributed by atoms with Gasteiger partial charge in [0.1, 0.15) is 24.4 Å². The minimum Gasteiger partial charge on any atom is -0.394 e. The molecular formula is C14H24N2O5. The van der Waals surface area contributed by atoms with E-state index in [4.69, 9.17) is 5.11 Å². The zero-order chi connectivity index (χ0) is 15.8. The first kappa shape index (κ1) is 17.9. The molecule has 21 heavy (non-hydrogen) atoms. The fourth-order valence-corrected chi connectivity index (χ4v) is 1.94. The van der Waals surface area contributed by atoms with Gasteiger partial charge in [0.25, 0.3) is 0 Å². The number of nitrogens with zero attached hydrogens (tertiary/aromatic N) is 2. The zero-order valence-electron chi connectivity index (χ0n) is 12.1. The largest absolute Gasteiger partial charge is 0.394 e. The van der Waals surface area contributed by atoms with E-state index in [1.54, 1.807) is 6.20 Å². The summed E-state index contributed by atoms with van der Waals surface area (Å²) < 4.78 is 0. The molecule has 7 heteroatoms. The lowest BCUT2D eigenvalue weighted by Gasteiger charge is -2.25. The van der Waals surface area contributed by atoms with Gasteiger partial charge >= 0.3 is 0 Å². The Labute approximate surface area is 123 Å². The predicted octanol–water partition coefficient (Wildman–Crippen LogP) is -0.682. The van der Waals surface area contributed by atoms with Crippen molar-refractivity contribution in [2.75, 3.05) is 6.61 Å². The summed E-state index contributed by atoms with van der Waals surface area (Å²) in [6.45, 7) is 1.38. The lowest BCUT2D eigenvalue weighted by molar-refractivity contribution is -0.117. The normalized spacial score (nSPS) is 17.2. The average molecular weight is 300 g/mol. The van der Waals surface area contributed by atoms with E-state index in [1.807, 2.05) is 0 Å². The Morgan fingerprint density at radius 2 is 1.76 bits per heavy atom. The number of aliphatic hydroxyl groups excluding tert-OH is 5. The number of aliphatic hydroxyl groups is 5. The summed E-state index contributed by atoms with van der Waals surface area (Å²) in [5.41, 5.74) is 0.824. The van der Waals surface area contributed by atoms with Crippen molar-refractivity contribution in [3.63, 3.8) is 0 Å². The minimum atomic E-state index is -1.67. The van der Waals surface area contributed by atoms with Gasteiger partial charge in [-0.15, -0.1) is 0 Å². The number of rotatable bonds is 9. The summed E-state index contributed by atoms with van der Waals surface area (Å²) in [4.78, 5) is 8.17. The van der Waals surface area contributed by atoms with Crippen LogP contribution >= 0.6 is 0 Å². The molecule has 1 rings (SSSR count). The molecule has 0 aliphatic heterocycles. The molecule has 0 spiro atoms. The Kier molecular flexibility index (Phi) is 7.69. The molecular weight excluding hydrogens is 276 g/mol. The average Bonchev–Trinajstić information content (AvgIpc) is 2.52. The molecule has 0 aliphatic rings. The topological polar surface area (TPSA) is 127 Å². The molecule has 1 heterocycles. The third-order valence-electron chi connectivity index (χ3n) is 3.30. The molecule has 0 saturated carbocycles. The first-order valence-corrected chi connectivity index (χ1v) is 7.15. The van der Waals surface area contributed by atoms with Crippen LogP contribution < -0.4 is 0 Å². The summed E-state index contributed by atoms with van der Waals surface area (Å²) in [6.07, 6.45) is 0.376. The van der Waals surface area contributed by atoms with E-state index in [9.17, 15) is 20.4 Å². The van der Waals surface area contributed by atoms with Crippen LogP contribution in [0.4, 0.5) is 0 Å². The molecule has 7 nitrogen and oxygen atoms in total. The first-order valence-electron chi connectivity index (χ1n) is 7.15. The van der Waals surface area contributed by atoms with Crippen molar-refractivity contribution in [2.24, 2.45) is 0 Å². The molecule has 0 unspecified atom stereocenters. The van der Waals surface area contributed by atoms with Crippen LogP contribution in [-0.2, 0) is 6.42 Å². The second kappa shape index (κ2) is 9.01. The van der Waals surface area contributed by atoms with Crippen molar-refractivity contribution >= 4 is 0 Å². The highest BCUT2D eigenvalue weighted by Crippen LogP contribution is 2.19. The third kappa shape index (κ3) is 5.29. The van der Waals surface area contributed by atoms with Crippen molar-refractivity contribution in [1.29, 1.82) is 0 Å². The Morgan fingerprint density at radius 3 is 2.38 bits per heavy atom. The summed E-state index contributed by atoms with van der Waals surface area (Å²) in [7, 11) is 0. The molecule has 0 bridgehead atoms. The molecule has 4 atom stereocenters. The van der Waals surface area contributed by atoms with Gasteiger partial charge in [-0.05, 0) is 12.8 Å². The molecule has 0 amide bonds. The van der Waals surface area contributed by atoms with E-state index in [2.05, 4.69) is 16.9 Å². The Bertz CT molecular complexity index is 418. The lowest BCUT2D eigenvalue weighted by Crippen LogP contribution is -2.42. The number of aryl methyl sites for hydroxylation is 1. The van der Waals surface area contributed by atoms with Gasteiger partial charge in [-0.1, -0.05) is 19.8 Å². The quantitative estimate of drug-likeness (QED) is 0.382. The summed E-state index contributed by atoms with van der Waals surface area (Å²) in [5.74, 6) is 0. The van der Waals surface area contributed by atoms with Crippen LogP contribution in [0, 0.1) is 0 Å². The first-order chi connectivity index (χ1) is 10.0. The highest BCUT2D eigenvalue weighted by atomic mass is 16.4. The van der Waals surface area contributed by atoms with Crippen molar-refractivity contribution in [1.82, 2.24) is 9.97 Å². The van der Waals surface area contributed by atoms with E-state index in [0.717, 1.165) is 25.7 Å². The van der Waals surface area contributed by atoms with E-state index >= 15 is 0 Å². The van der Waals surface area contributed by atoms with Gasteiger partial charge in [-0.2, -0.15) is 0 Å². The number of aromatic nitrogens is 2. The van der Waals surface area contributed by atoms with Crippen molar-refractivity contribution in [3.8, 4) is 0 Å². The monoisotopic (exact) mass is 300 g/mol. The summed E-state index contributed by atoms with van der Waals surface area (Å²) in [6, 6.07) is 0. The van der Waals surface area contributed by atoms with Crippen LogP contribution in [0.5, 0.6) is 0 Å². The van der Waals surface area contributed by atoms with Gasteiger partial charge < -0.3 is 25.5 Å². The van der Waals surface area contributed by atoms with Gasteiger partial charge in [0, 0.05) is 6.20 Å². The predicted molar refractivity (Wildman–Crippen MR) is 75.3 cm³/mol. The molecule has 0 aromatic carbocycles. The fourth-order valence-electron chi connectivity index (χ4n) is 1.94. The molecule has 0 aliphatic carbocycles. The van der Waals surface area contributed by atoms with E-state index in [0.29, 0.717) is 5.69 Å². The molecule has 1 aromatic rings. The highest BCUT2D eigenvalue weighted by molar-refractivity contribution is 5.08. The van der Waals surface area contributed by atoms with E-state index in [-0.39, 0.29) is 5.69 Å². The SMILES string of the molecule is CCCCCc1cncc([C@@H](O)[C@@H](O)[C@H](O)[C@H](O)CO)n1.